The van der Waals surface area contributed by atoms with E-state index in [-0.39, 0.29) is 78.6 Å². The summed E-state index contributed by atoms with van der Waals surface area (Å²) in [4.78, 5) is 2.86. The van der Waals surface area contributed by atoms with Gasteiger partial charge in [0.25, 0.3) is 0 Å². The average Bonchev–Trinajstić information content (AvgIpc) is 3.60. The van der Waals surface area contributed by atoms with Crippen LogP contribution < -0.4 is 9.80 Å². The van der Waals surface area contributed by atoms with Crippen LogP contribution in [0.4, 0.5) is 86.8 Å². The second-order valence-electron chi connectivity index (χ2n) is 18.6. The van der Waals surface area contributed by atoms with E-state index in [1.54, 1.807) is 48.5 Å². The molecule has 0 radical (unpaired) electrons. The molecule has 78 heavy (non-hydrogen) atoms. The summed E-state index contributed by atoms with van der Waals surface area (Å²) in [7, 11) is 0. The van der Waals surface area contributed by atoms with Crippen molar-refractivity contribution in [1.29, 1.82) is 0 Å². The van der Waals surface area contributed by atoms with Crippen molar-refractivity contribution in [3.8, 4) is 44.5 Å². The fourth-order valence-electron chi connectivity index (χ4n) is 10.3. The molecule has 382 valence electrons. The molecule has 12 aromatic carbocycles. The molecule has 0 bridgehead atoms. The van der Waals surface area contributed by atoms with Gasteiger partial charge in [0.1, 0.15) is 69.8 Å². The van der Waals surface area contributed by atoms with Crippen LogP contribution in [0.25, 0.3) is 76.8 Å². The summed E-state index contributed by atoms with van der Waals surface area (Å²) in [6.07, 6.45) is 0. The summed E-state index contributed by atoms with van der Waals surface area (Å²) in [6.45, 7) is 0. The average molecular weight is 1060 g/mol. The predicted octanol–water partition coefficient (Wildman–Crippen LogP) is 19.9. The quantitative estimate of drug-likeness (QED) is 0.0995. The Kier molecular flexibility index (Phi) is 12.2. The smallest absolute Gasteiger partial charge is 0.150 e. The minimum Gasteiger partial charge on any atom is -0.307 e. The minimum atomic E-state index is -1.04. The van der Waals surface area contributed by atoms with Gasteiger partial charge in [0.15, 0.2) is 0 Å². The highest BCUT2D eigenvalue weighted by Gasteiger charge is 2.27. The van der Waals surface area contributed by atoms with Crippen LogP contribution in [0, 0.1) is 69.8 Å². The van der Waals surface area contributed by atoms with Crippen LogP contribution in [-0.4, -0.2) is 0 Å². The summed E-state index contributed by atoms with van der Waals surface area (Å²) in [5, 5.41) is 3.25. The van der Waals surface area contributed by atoms with Crippen molar-refractivity contribution in [2.45, 2.75) is 0 Å². The maximum absolute atomic E-state index is 16.6. The lowest BCUT2D eigenvalue weighted by atomic mass is 9.91. The Bertz CT molecular complexity index is 3910. The van der Waals surface area contributed by atoms with Crippen LogP contribution in [-0.2, 0) is 0 Å². The Morgan fingerprint density at radius 1 is 0.205 bits per heavy atom. The Hall–Kier alpha value is -9.56. The van der Waals surface area contributed by atoms with Crippen LogP contribution in [0.5, 0.6) is 0 Å². The number of rotatable bonds is 10. The highest BCUT2D eigenvalue weighted by atomic mass is 19.2. The van der Waals surface area contributed by atoms with E-state index in [9.17, 15) is 43.9 Å². The summed E-state index contributed by atoms with van der Waals surface area (Å²) >= 11 is 0. The Balaban J connectivity index is 1.13. The normalized spacial score (nSPS) is 11.6. The van der Waals surface area contributed by atoms with E-state index < -0.39 is 69.8 Å². The third kappa shape index (κ3) is 9.14. The molecule has 0 aliphatic rings. The molecule has 0 N–H and O–H groups in total. The molecule has 0 atom stereocenters. The monoisotopic (exact) mass is 1060 g/mol. The number of halogens is 12. The third-order valence-corrected chi connectivity index (χ3v) is 13.5. The zero-order valence-corrected chi connectivity index (χ0v) is 39.9. The summed E-state index contributed by atoms with van der Waals surface area (Å²) in [5.74, 6) is -11.4. The van der Waals surface area contributed by atoms with E-state index in [1.807, 2.05) is 0 Å². The van der Waals surface area contributed by atoms with Crippen molar-refractivity contribution in [3.05, 3.63) is 264 Å². The first-order chi connectivity index (χ1) is 37.5. The molecular weight excluding hydrogens is 1020 g/mol. The molecule has 12 aromatic rings. The van der Waals surface area contributed by atoms with Gasteiger partial charge in [0, 0.05) is 58.5 Å². The van der Waals surface area contributed by atoms with E-state index >= 15 is 8.78 Å². The van der Waals surface area contributed by atoms with Gasteiger partial charge in [-0.3, -0.25) is 0 Å². The van der Waals surface area contributed by atoms with Crippen molar-refractivity contribution >= 4 is 66.4 Å². The van der Waals surface area contributed by atoms with E-state index in [0.29, 0.717) is 68.7 Å². The molecule has 0 amide bonds. The predicted molar refractivity (Wildman–Crippen MR) is 281 cm³/mol. The number of anilines is 6. The standard InChI is InChI=1S/C64H32F12N2/c65-43-5-11-61(57(75)31-43)77(53-23-35(39-15-45(67)27-46(68)16-39)13-36(24-53)40-17-47(69)28-48(70)18-40)59-10-4-34-2-8-56-60(9-3-33-1-7-55(59)64(34)63(33)56)78(62-12-6-44(66)32-58(62)76)54-25-37(41-19-49(71)29-50(72)20-41)14-38(26-54)42-21-51(73)30-52(74)22-42/h1-32H. The first-order valence-electron chi connectivity index (χ1n) is 23.9. The van der Waals surface area contributed by atoms with E-state index in [2.05, 4.69) is 0 Å². The zero-order chi connectivity index (χ0) is 54.3. The van der Waals surface area contributed by atoms with Crippen LogP contribution in [0.15, 0.2) is 194 Å². The summed E-state index contributed by atoms with van der Waals surface area (Å²) in [5.41, 5.74) is 0.931. The second kappa shape index (κ2) is 19.2. The van der Waals surface area contributed by atoms with E-state index in [1.165, 1.54) is 58.3 Å². The first-order valence-corrected chi connectivity index (χ1v) is 23.9. The van der Waals surface area contributed by atoms with E-state index in [4.69, 9.17) is 0 Å². The van der Waals surface area contributed by atoms with Gasteiger partial charge in [0.2, 0.25) is 0 Å². The third-order valence-electron chi connectivity index (χ3n) is 13.5. The molecule has 0 aromatic heterocycles. The van der Waals surface area contributed by atoms with Gasteiger partial charge in [-0.05, 0) is 187 Å². The Morgan fingerprint density at radius 2 is 0.462 bits per heavy atom. The lowest BCUT2D eigenvalue weighted by Gasteiger charge is -2.30. The molecule has 0 fully saturated rings. The van der Waals surface area contributed by atoms with E-state index in [0.717, 1.165) is 60.7 Å². The highest BCUT2D eigenvalue weighted by Crippen LogP contribution is 2.50. The molecule has 2 nitrogen and oxygen atoms in total. The van der Waals surface area contributed by atoms with Crippen molar-refractivity contribution in [2.24, 2.45) is 0 Å². The maximum atomic E-state index is 16.6. The molecule has 0 saturated carbocycles. The molecule has 0 spiro atoms. The molecule has 0 unspecified atom stereocenters. The molecule has 0 aliphatic carbocycles. The van der Waals surface area contributed by atoms with Crippen LogP contribution in [0.2, 0.25) is 0 Å². The molecule has 14 heteroatoms. The fourth-order valence-corrected chi connectivity index (χ4v) is 10.3. The van der Waals surface area contributed by atoms with Crippen LogP contribution in [0.3, 0.4) is 0 Å². The van der Waals surface area contributed by atoms with Gasteiger partial charge in [-0.25, -0.2) is 52.7 Å². The molecular formula is C64H32F12N2. The topological polar surface area (TPSA) is 6.48 Å². The van der Waals surface area contributed by atoms with Gasteiger partial charge < -0.3 is 9.80 Å². The number of benzene rings is 12. The molecule has 0 aliphatic heterocycles. The largest absolute Gasteiger partial charge is 0.307 e. The Morgan fingerprint density at radius 3 is 0.744 bits per heavy atom. The molecule has 0 heterocycles. The van der Waals surface area contributed by atoms with Crippen LogP contribution >= 0.6 is 0 Å². The maximum Gasteiger partial charge on any atom is 0.150 e. The zero-order valence-electron chi connectivity index (χ0n) is 39.9. The molecule has 0 saturated heterocycles. The lowest BCUT2D eigenvalue weighted by molar-refractivity contribution is 0.583. The van der Waals surface area contributed by atoms with Crippen molar-refractivity contribution < 1.29 is 52.7 Å². The number of nitrogens with zero attached hydrogens (tertiary/aromatic N) is 2. The fraction of sp³-hybridized carbons (Fsp3) is 0. The van der Waals surface area contributed by atoms with Gasteiger partial charge in [-0.1, -0.05) is 36.4 Å². The summed E-state index contributed by atoms with van der Waals surface area (Å²) in [6, 6.07) is 39.5. The lowest BCUT2D eigenvalue weighted by Crippen LogP contribution is -2.14. The van der Waals surface area contributed by atoms with Gasteiger partial charge in [-0.2, -0.15) is 0 Å². The van der Waals surface area contributed by atoms with Gasteiger partial charge >= 0.3 is 0 Å². The van der Waals surface area contributed by atoms with Gasteiger partial charge in [0.05, 0.1) is 22.7 Å². The SMILES string of the molecule is Fc1cc(F)cc(-c2cc(-c3cc(F)cc(F)c3)cc(N(c3ccc(F)cc3F)c3ccc4ccc5c(N(c6cc(-c7cc(F)cc(F)c7)cc(-c7cc(F)cc(F)c7)c6)c6ccc(F)cc6F)ccc6ccc3c4c65)c2)c1. The summed E-state index contributed by atoms with van der Waals surface area (Å²) < 4.78 is 182. The number of hydrogen-bond donors (Lipinski definition) is 0. The molecule has 12 rings (SSSR count). The second-order valence-corrected chi connectivity index (χ2v) is 18.6. The Labute approximate surface area is 435 Å². The number of hydrogen-bond acceptors (Lipinski definition) is 2. The van der Waals surface area contributed by atoms with Crippen molar-refractivity contribution in [1.82, 2.24) is 0 Å². The highest BCUT2D eigenvalue weighted by molar-refractivity contribution is 6.28. The van der Waals surface area contributed by atoms with Crippen molar-refractivity contribution in [2.75, 3.05) is 9.80 Å². The van der Waals surface area contributed by atoms with Gasteiger partial charge in [-0.15, -0.1) is 0 Å². The van der Waals surface area contributed by atoms with Crippen LogP contribution in [0.1, 0.15) is 0 Å². The first kappa shape index (κ1) is 49.3. The minimum absolute atomic E-state index is 0.0147. The van der Waals surface area contributed by atoms with Crippen molar-refractivity contribution in [3.63, 3.8) is 0 Å².